The first-order valence-electron chi connectivity index (χ1n) is 8.37. The summed E-state index contributed by atoms with van der Waals surface area (Å²) in [7, 11) is 0. The molecule has 0 radical (unpaired) electrons. The quantitative estimate of drug-likeness (QED) is 0.916. The lowest BCUT2D eigenvalue weighted by Gasteiger charge is -2.30. The lowest BCUT2D eigenvalue weighted by Crippen LogP contribution is -2.43. The van der Waals surface area contributed by atoms with Gasteiger partial charge < -0.3 is 10.1 Å². The van der Waals surface area contributed by atoms with E-state index in [1.54, 1.807) is 6.07 Å². The van der Waals surface area contributed by atoms with Crippen LogP contribution in [0.4, 0.5) is 15.8 Å². The Morgan fingerprint density at radius 2 is 1.88 bits per heavy atom. The fraction of sp³-hybridized carbons (Fsp3) is 0.300. The van der Waals surface area contributed by atoms with E-state index in [2.05, 4.69) is 26.1 Å². The number of fused-ring (bicyclic) bond motifs is 1. The molecule has 2 aromatic carbocycles. The third kappa shape index (κ3) is 3.85. The van der Waals surface area contributed by atoms with Crippen LogP contribution in [-0.2, 0) is 15.0 Å². The Bertz CT molecular complexity index is 841. The molecular formula is C20H21FN2O3. The minimum atomic E-state index is -0.380. The van der Waals surface area contributed by atoms with Crippen molar-refractivity contribution < 1.29 is 18.7 Å². The van der Waals surface area contributed by atoms with Gasteiger partial charge in [-0.25, -0.2) is 4.39 Å². The number of halogens is 1. The number of ether oxygens (including phenoxy) is 1. The molecule has 136 valence electrons. The Hall–Kier alpha value is -2.89. The van der Waals surface area contributed by atoms with Crippen molar-refractivity contribution in [3.8, 4) is 5.75 Å². The van der Waals surface area contributed by atoms with Crippen LogP contribution >= 0.6 is 0 Å². The molecule has 1 heterocycles. The van der Waals surface area contributed by atoms with Crippen LogP contribution in [0.25, 0.3) is 0 Å². The van der Waals surface area contributed by atoms with Gasteiger partial charge in [-0.1, -0.05) is 26.8 Å². The van der Waals surface area contributed by atoms with Crippen LogP contribution in [0, 0.1) is 5.82 Å². The number of hydrogen-bond acceptors (Lipinski definition) is 3. The number of benzene rings is 2. The predicted molar refractivity (Wildman–Crippen MR) is 98.0 cm³/mol. The minimum absolute atomic E-state index is 0.0510. The van der Waals surface area contributed by atoms with E-state index >= 15 is 0 Å². The van der Waals surface area contributed by atoms with Crippen molar-refractivity contribution in [2.24, 2.45) is 0 Å². The van der Waals surface area contributed by atoms with E-state index in [9.17, 15) is 14.0 Å². The van der Waals surface area contributed by atoms with Crippen molar-refractivity contribution in [2.45, 2.75) is 26.2 Å². The Morgan fingerprint density at radius 1 is 1.19 bits per heavy atom. The highest BCUT2D eigenvalue weighted by Gasteiger charge is 2.28. The molecule has 5 nitrogen and oxygen atoms in total. The Balaban J connectivity index is 1.79. The molecule has 0 unspecified atom stereocenters. The standard InChI is InChI=1S/C20H21FN2O3/c1-20(2,3)13-4-9-16-17(10-13)26-12-19(25)23(16)11-18(24)22-15-7-5-14(21)6-8-15/h4-10H,11-12H2,1-3H3,(H,22,24). The van der Waals surface area contributed by atoms with Crippen LogP contribution in [0.15, 0.2) is 42.5 Å². The normalized spacial score (nSPS) is 13.8. The molecule has 0 aromatic heterocycles. The number of anilines is 2. The SMILES string of the molecule is CC(C)(C)c1ccc2c(c1)OCC(=O)N2CC(=O)Nc1ccc(F)cc1. The van der Waals surface area contributed by atoms with E-state index in [-0.39, 0.29) is 36.2 Å². The third-order valence-corrected chi connectivity index (χ3v) is 4.20. The smallest absolute Gasteiger partial charge is 0.265 e. The third-order valence-electron chi connectivity index (χ3n) is 4.20. The monoisotopic (exact) mass is 356 g/mol. The molecule has 2 amide bonds. The van der Waals surface area contributed by atoms with Crippen molar-refractivity contribution in [3.05, 3.63) is 53.8 Å². The molecule has 1 N–H and O–H groups in total. The van der Waals surface area contributed by atoms with Gasteiger partial charge in [0, 0.05) is 5.69 Å². The van der Waals surface area contributed by atoms with Crippen LogP contribution in [0.1, 0.15) is 26.3 Å². The first-order chi connectivity index (χ1) is 12.2. The number of amides is 2. The number of nitrogens with one attached hydrogen (secondary N) is 1. The molecule has 0 aliphatic carbocycles. The summed E-state index contributed by atoms with van der Waals surface area (Å²) in [6.07, 6.45) is 0. The second-order valence-corrected chi connectivity index (χ2v) is 7.26. The number of rotatable bonds is 3. The summed E-state index contributed by atoms with van der Waals surface area (Å²) in [4.78, 5) is 26.0. The van der Waals surface area contributed by atoms with Crippen molar-refractivity contribution in [2.75, 3.05) is 23.4 Å². The highest BCUT2D eigenvalue weighted by Crippen LogP contribution is 2.36. The van der Waals surface area contributed by atoms with E-state index in [1.165, 1.54) is 29.2 Å². The molecule has 2 aromatic rings. The first kappa shape index (κ1) is 17.9. The molecule has 6 heteroatoms. The number of carbonyl (C=O) groups excluding carboxylic acids is 2. The largest absolute Gasteiger partial charge is 0.482 e. The van der Waals surface area contributed by atoms with Gasteiger partial charge in [0.1, 0.15) is 18.1 Å². The van der Waals surface area contributed by atoms with Crippen LogP contribution in [-0.4, -0.2) is 25.0 Å². The summed E-state index contributed by atoms with van der Waals surface area (Å²) in [5, 5.41) is 2.66. The summed E-state index contributed by atoms with van der Waals surface area (Å²) in [5.74, 6) is -0.436. The van der Waals surface area contributed by atoms with Crippen molar-refractivity contribution >= 4 is 23.2 Å². The van der Waals surface area contributed by atoms with Gasteiger partial charge in [0.25, 0.3) is 5.91 Å². The van der Waals surface area contributed by atoms with Gasteiger partial charge in [-0.15, -0.1) is 0 Å². The van der Waals surface area contributed by atoms with E-state index in [1.807, 2.05) is 12.1 Å². The molecule has 26 heavy (non-hydrogen) atoms. The zero-order chi connectivity index (χ0) is 18.9. The van der Waals surface area contributed by atoms with Gasteiger partial charge in [-0.3, -0.25) is 14.5 Å². The van der Waals surface area contributed by atoms with Gasteiger partial charge in [-0.2, -0.15) is 0 Å². The fourth-order valence-corrected chi connectivity index (χ4v) is 2.72. The number of hydrogen-bond donors (Lipinski definition) is 1. The molecule has 0 fully saturated rings. The first-order valence-corrected chi connectivity index (χ1v) is 8.37. The van der Waals surface area contributed by atoms with Crippen molar-refractivity contribution in [1.29, 1.82) is 0 Å². The van der Waals surface area contributed by atoms with Gasteiger partial charge in [0.05, 0.1) is 5.69 Å². The maximum atomic E-state index is 13.0. The lowest BCUT2D eigenvalue weighted by atomic mass is 9.86. The van der Waals surface area contributed by atoms with Crippen molar-refractivity contribution in [3.63, 3.8) is 0 Å². The zero-order valence-electron chi connectivity index (χ0n) is 15.0. The van der Waals surface area contributed by atoms with Crippen LogP contribution in [0.3, 0.4) is 0 Å². The minimum Gasteiger partial charge on any atom is -0.482 e. The van der Waals surface area contributed by atoms with E-state index in [0.717, 1.165) is 5.56 Å². The molecule has 3 rings (SSSR count). The molecule has 0 spiro atoms. The van der Waals surface area contributed by atoms with Gasteiger partial charge in [-0.05, 0) is 47.4 Å². The second-order valence-electron chi connectivity index (χ2n) is 7.26. The van der Waals surface area contributed by atoms with E-state index in [0.29, 0.717) is 17.1 Å². The molecule has 0 bridgehead atoms. The molecular weight excluding hydrogens is 335 g/mol. The summed E-state index contributed by atoms with van der Waals surface area (Å²) in [5.41, 5.74) is 2.08. The fourth-order valence-electron chi connectivity index (χ4n) is 2.72. The molecule has 0 atom stereocenters. The summed E-state index contributed by atoms with van der Waals surface area (Å²) in [6, 6.07) is 11.1. The van der Waals surface area contributed by atoms with Gasteiger partial charge >= 0.3 is 0 Å². The van der Waals surface area contributed by atoms with Gasteiger partial charge in [0.2, 0.25) is 5.91 Å². The summed E-state index contributed by atoms with van der Waals surface area (Å²) >= 11 is 0. The molecule has 0 saturated carbocycles. The second kappa shape index (κ2) is 6.78. The van der Waals surface area contributed by atoms with Gasteiger partial charge in [0.15, 0.2) is 6.61 Å². The number of nitrogens with zero attached hydrogens (tertiary/aromatic N) is 1. The molecule has 0 saturated heterocycles. The topological polar surface area (TPSA) is 58.6 Å². The van der Waals surface area contributed by atoms with Crippen molar-refractivity contribution in [1.82, 2.24) is 0 Å². The lowest BCUT2D eigenvalue weighted by molar-refractivity contribution is -0.123. The average Bonchev–Trinajstić information content (AvgIpc) is 2.58. The maximum absolute atomic E-state index is 13.0. The average molecular weight is 356 g/mol. The Kier molecular flexibility index (Phi) is 4.68. The highest BCUT2D eigenvalue weighted by atomic mass is 19.1. The van der Waals surface area contributed by atoms with E-state index in [4.69, 9.17) is 4.74 Å². The van der Waals surface area contributed by atoms with Crippen LogP contribution in [0.2, 0.25) is 0 Å². The molecule has 1 aliphatic heterocycles. The Labute approximate surface area is 151 Å². The Morgan fingerprint density at radius 3 is 2.54 bits per heavy atom. The van der Waals surface area contributed by atoms with Crippen LogP contribution < -0.4 is 15.0 Å². The predicted octanol–water partition coefficient (Wildman–Crippen LogP) is 3.49. The zero-order valence-corrected chi connectivity index (χ0v) is 15.0. The summed E-state index contributed by atoms with van der Waals surface area (Å²) in [6.45, 7) is 6.04. The molecule has 1 aliphatic rings. The number of carbonyl (C=O) groups is 2. The maximum Gasteiger partial charge on any atom is 0.265 e. The van der Waals surface area contributed by atoms with Crippen LogP contribution in [0.5, 0.6) is 5.75 Å². The highest BCUT2D eigenvalue weighted by molar-refractivity contribution is 6.05. The van der Waals surface area contributed by atoms with E-state index < -0.39 is 0 Å². The summed E-state index contributed by atoms with van der Waals surface area (Å²) < 4.78 is 18.5.